The summed E-state index contributed by atoms with van der Waals surface area (Å²) in [6, 6.07) is 9.87. The average Bonchev–Trinajstić information content (AvgIpc) is 2.64. The summed E-state index contributed by atoms with van der Waals surface area (Å²) >= 11 is 0. The smallest absolute Gasteiger partial charge is 0.0340 e. The summed E-state index contributed by atoms with van der Waals surface area (Å²) in [5.74, 6) is 1.19. The number of rotatable bonds is 1. The predicted molar refractivity (Wildman–Crippen MR) is 86.4 cm³/mol. The van der Waals surface area contributed by atoms with E-state index in [-0.39, 0.29) is 0 Å². The van der Waals surface area contributed by atoms with Gasteiger partial charge in [0, 0.05) is 17.1 Å². The molecule has 104 valence electrons. The second-order valence-corrected chi connectivity index (χ2v) is 5.99. The van der Waals surface area contributed by atoms with Gasteiger partial charge in [0.25, 0.3) is 0 Å². The first kappa shape index (κ1) is 12.9. The van der Waals surface area contributed by atoms with Gasteiger partial charge in [0.1, 0.15) is 0 Å². The molecule has 0 heterocycles. The first-order valence-corrected chi connectivity index (χ1v) is 7.04. The predicted octanol–water partition coefficient (Wildman–Crippen LogP) is 3.40. The Bertz CT molecular complexity index is 656. The Labute approximate surface area is 119 Å². The molecule has 1 aliphatic rings. The maximum atomic E-state index is 6.09. The van der Waals surface area contributed by atoms with Gasteiger partial charge in [-0.3, -0.25) is 0 Å². The van der Waals surface area contributed by atoms with Gasteiger partial charge in [-0.15, -0.1) is 0 Å². The van der Waals surface area contributed by atoms with E-state index in [0.717, 1.165) is 17.7 Å². The molecule has 0 amide bonds. The van der Waals surface area contributed by atoms with E-state index in [1.54, 1.807) is 6.07 Å². The highest BCUT2D eigenvalue weighted by Gasteiger charge is 2.28. The van der Waals surface area contributed by atoms with Crippen LogP contribution in [0.3, 0.4) is 0 Å². The summed E-state index contributed by atoms with van der Waals surface area (Å²) in [5, 5.41) is 0. The highest BCUT2D eigenvalue weighted by Crippen LogP contribution is 2.43. The van der Waals surface area contributed by atoms with Crippen molar-refractivity contribution in [1.82, 2.24) is 0 Å². The van der Waals surface area contributed by atoms with Crippen LogP contribution in [0.15, 0.2) is 30.3 Å². The molecule has 0 bridgehead atoms. The van der Waals surface area contributed by atoms with Crippen molar-refractivity contribution in [1.29, 1.82) is 0 Å². The van der Waals surface area contributed by atoms with Gasteiger partial charge >= 0.3 is 0 Å². The van der Waals surface area contributed by atoms with Gasteiger partial charge in [-0.25, -0.2) is 0 Å². The minimum absolute atomic E-state index is 0.547. The van der Waals surface area contributed by atoms with Crippen molar-refractivity contribution in [2.75, 3.05) is 17.2 Å². The number of hydrogen-bond acceptors (Lipinski definition) is 3. The fourth-order valence-corrected chi connectivity index (χ4v) is 3.25. The molecule has 3 rings (SSSR count). The minimum Gasteiger partial charge on any atom is -0.399 e. The molecule has 2 aromatic carbocycles. The third-order valence-electron chi connectivity index (χ3n) is 4.47. The number of anilines is 3. The Morgan fingerprint density at radius 1 is 0.850 bits per heavy atom. The van der Waals surface area contributed by atoms with E-state index in [4.69, 9.17) is 17.2 Å². The minimum atomic E-state index is 0.547. The molecule has 0 aromatic heterocycles. The molecular weight excluding hydrogens is 246 g/mol. The van der Waals surface area contributed by atoms with Crippen LogP contribution in [-0.2, 0) is 6.42 Å². The summed E-state index contributed by atoms with van der Waals surface area (Å²) in [5.41, 5.74) is 25.1. The molecule has 1 aliphatic carbocycles. The van der Waals surface area contributed by atoms with Gasteiger partial charge in [-0.2, -0.15) is 0 Å². The standard InChI is InChI=1S/C17H21N3/c1-9-3-17-15(10(9)2)7-14(20)8-16(17)11-4-12(18)6-13(19)5-11/h4-10H,3,18-20H2,1-2H3. The van der Waals surface area contributed by atoms with Gasteiger partial charge in [0.05, 0.1) is 0 Å². The monoisotopic (exact) mass is 267 g/mol. The Morgan fingerprint density at radius 3 is 2.10 bits per heavy atom. The second kappa shape index (κ2) is 4.44. The van der Waals surface area contributed by atoms with E-state index < -0.39 is 0 Å². The van der Waals surface area contributed by atoms with Crippen molar-refractivity contribution in [3.8, 4) is 11.1 Å². The molecule has 0 spiro atoms. The molecule has 3 nitrogen and oxygen atoms in total. The van der Waals surface area contributed by atoms with Gasteiger partial charge in [0.2, 0.25) is 0 Å². The fourth-order valence-electron chi connectivity index (χ4n) is 3.25. The van der Waals surface area contributed by atoms with Crippen LogP contribution < -0.4 is 17.2 Å². The third-order valence-corrected chi connectivity index (χ3v) is 4.47. The van der Waals surface area contributed by atoms with Crippen LogP contribution in [0, 0.1) is 5.92 Å². The summed E-state index contributed by atoms with van der Waals surface area (Å²) in [4.78, 5) is 0. The zero-order chi connectivity index (χ0) is 14.4. The Kier molecular flexibility index (Phi) is 2.85. The molecule has 0 aliphatic heterocycles. The highest BCUT2D eigenvalue weighted by molar-refractivity contribution is 5.78. The Balaban J connectivity index is 2.23. The molecule has 20 heavy (non-hydrogen) atoms. The number of nitrogens with two attached hydrogens (primary N) is 3. The number of hydrogen-bond donors (Lipinski definition) is 3. The second-order valence-electron chi connectivity index (χ2n) is 5.99. The number of fused-ring (bicyclic) bond motifs is 1. The van der Waals surface area contributed by atoms with E-state index in [0.29, 0.717) is 23.2 Å². The van der Waals surface area contributed by atoms with E-state index in [9.17, 15) is 0 Å². The van der Waals surface area contributed by atoms with Crippen LogP contribution >= 0.6 is 0 Å². The van der Waals surface area contributed by atoms with E-state index >= 15 is 0 Å². The largest absolute Gasteiger partial charge is 0.399 e. The third kappa shape index (κ3) is 1.99. The fraction of sp³-hybridized carbons (Fsp3) is 0.294. The van der Waals surface area contributed by atoms with Gasteiger partial charge in [-0.05, 0) is 70.8 Å². The van der Waals surface area contributed by atoms with E-state index in [2.05, 4.69) is 19.9 Å². The molecule has 0 radical (unpaired) electrons. The van der Waals surface area contributed by atoms with Gasteiger partial charge < -0.3 is 17.2 Å². The van der Waals surface area contributed by atoms with Crippen LogP contribution in [-0.4, -0.2) is 0 Å². The van der Waals surface area contributed by atoms with Crippen molar-refractivity contribution >= 4 is 17.1 Å². The van der Waals surface area contributed by atoms with Crippen LogP contribution in [0.4, 0.5) is 17.1 Å². The SMILES string of the molecule is CC1Cc2c(-c3cc(N)cc(N)c3)cc(N)cc2C1C. The summed E-state index contributed by atoms with van der Waals surface area (Å²) < 4.78 is 0. The topological polar surface area (TPSA) is 78.1 Å². The maximum absolute atomic E-state index is 6.09. The lowest BCUT2D eigenvalue weighted by atomic mass is 9.93. The molecule has 0 saturated carbocycles. The van der Waals surface area contributed by atoms with Crippen molar-refractivity contribution in [2.45, 2.75) is 26.2 Å². The van der Waals surface area contributed by atoms with Crippen molar-refractivity contribution < 1.29 is 0 Å². The lowest BCUT2D eigenvalue weighted by Gasteiger charge is -2.13. The van der Waals surface area contributed by atoms with E-state index in [1.165, 1.54) is 16.7 Å². The highest BCUT2D eigenvalue weighted by atomic mass is 14.6. The van der Waals surface area contributed by atoms with Crippen molar-refractivity contribution in [3.05, 3.63) is 41.5 Å². The molecular formula is C17H21N3. The maximum Gasteiger partial charge on any atom is 0.0340 e. The zero-order valence-electron chi connectivity index (χ0n) is 12.0. The summed E-state index contributed by atoms with van der Waals surface area (Å²) in [6.07, 6.45) is 1.08. The van der Waals surface area contributed by atoms with Crippen LogP contribution in [0.25, 0.3) is 11.1 Å². The van der Waals surface area contributed by atoms with E-state index in [1.807, 2.05) is 18.2 Å². The number of nitrogen functional groups attached to an aromatic ring is 3. The molecule has 2 unspecified atom stereocenters. The lowest BCUT2D eigenvalue weighted by molar-refractivity contribution is 0.532. The Hall–Kier alpha value is -2.16. The molecule has 0 fully saturated rings. The lowest BCUT2D eigenvalue weighted by Crippen LogP contribution is -1.98. The van der Waals surface area contributed by atoms with Crippen LogP contribution in [0.2, 0.25) is 0 Å². The van der Waals surface area contributed by atoms with Crippen molar-refractivity contribution in [2.24, 2.45) is 5.92 Å². The molecule has 2 aromatic rings. The normalized spacial score (nSPS) is 20.9. The molecule has 3 heteroatoms. The first-order chi connectivity index (χ1) is 9.45. The Morgan fingerprint density at radius 2 is 1.45 bits per heavy atom. The zero-order valence-corrected chi connectivity index (χ0v) is 12.0. The molecule has 6 N–H and O–H groups in total. The van der Waals surface area contributed by atoms with Crippen LogP contribution in [0.5, 0.6) is 0 Å². The molecule has 0 saturated heterocycles. The number of benzene rings is 2. The van der Waals surface area contributed by atoms with Gasteiger partial charge in [-0.1, -0.05) is 13.8 Å². The first-order valence-electron chi connectivity index (χ1n) is 7.04. The summed E-state index contributed by atoms with van der Waals surface area (Å²) in [7, 11) is 0. The average molecular weight is 267 g/mol. The van der Waals surface area contributed by atoms with Crippen molar-refractivity contribution in [3.63, 3.8) is 0 Å². The quantitative estimate of drug-likeness (QED) is 0.693. The molecule has 2 atom stereocenters. The summed E-state index contributed by atoms with van der Waals surface area (Å²) in [6.45, 7) is 4.56. The van der Waals surface area contributed by atoms with Crippen LogP contribution in [0.1, 0.15) is 30.9 Å². The van der Waals surface area contributed by atoms with Gasteiger partial charge in [0.15, 0.2) is 0 Å².